The Labute approximate surface area is 96.1 Å². The van der Waals surface area contributed by atoms with Crippen molar-refractivity contribution in [3.8, 4) is 5.75 Å². The van der Waals surface area contributed by atoms with Crippen LogP contribution in [0, 0.1) is 13.8 Å². The van der Waals surface area contributed by atoms with Crippen molar-refractivity contribution in [1.82, 2.24) is 0 Å². The molecule has 0 aliphatic rings. The molecule has 0 saturated carbocycles. The second-order valence-electron chi connectivity index (χ2n) is 3.97. The van der Waals surface area contributed by atoms with Gasteiger partial charge in [0.25, 0.3) is 0 Å². The van der Waals surface area contributed by atoms with Crippen LogP contribution in [0.15, 0.2) is 12.1 Å². The summed E-state index contributed by atoms with van der Waals surface area (Å²) in [5, 5.41) is 8.99. The summed E-state index contributed by atoms with van der Waals surface area (Å²) in [7, 11) is 0. The second-order valence-corrected chi connectivity index (χ2v) is 3.97. The Morgan fingerprint density at radius 3 is 2.50 bits per heavy atom. The molecular weight excluding hydrogens is 204 g/mol. The molecule has 0 amide bonds. The van der Waals surface area contributed by atoms with Gasteiger partial charge in [-0.25, -0.2) is 0 Å². The minimum absolute atomic E-state index is 0.477. The first-order valence-electron chi connectivity index (χ1n) is 5.44. The number of ether oxygens (including phenoxy) is 1. The van der Waals surface area contributed by atoms with E-state index in [9.17, 15) is 4.79 Å². The number of benzene rings is 1. The number of hydrogen-bond donors (Lipinski definition) is 1. The summed E-state index contributed by atoms with van der Waals surface area (Å²) >= 11 is 0. The largest absolute Gasteiger partial charge is 0.494 e. The highest BCUT2D eigenvalue weighted by molar-refractivity contribution is 5.76. The third-order valence-electron chi connectivity index (χ3n) is 2.70. The SMILES string of the molecule is CCOc1cc(C)c(C(C)C(=O)O)cc1C. The molecule has 1 unspecified atom stereocenters. The van der Waals surface area contributed by atoms with E-state index in [-0.39, 0.29) is 0 Å². The van der Waals surface area contributed by atoms with Crippen molar-refractivity contribution in [3.05, 3.63) is 28.8 Å². The predicted octanol–water partition coefficient (Wildman–Crippen LogP) is 2.89. The van der Waals surface area contributed by atoms with E-state index in [0.717, 1.165) is 22.4 Å². The van der Waals surface area contributed by atoms with Crippen LogP contribution in [-0.4, -0.2) is 17.7 Å². The van der Waals surface area contributed by atoms with E-state index in [4.69, 9.17) is 9.84 Å². The molecule has 1 rings (SSSR count). The van der Waals surface area contributed by atoms with E-state index < -0.39 is 11.9 Å². The number of aliphatic carboxylic acids is 1. The summed E-state index contributed by atoms with van der Waals surface area (Å²) in [5.74, 6) is -0.442. The molecule has 0 aliphatic heterocycles. The summed E-state index contributed by atoms with van der Waals surface area (Å²) in [6.45, 7) is 8.10. The molecule has 0 spiro atoms. The minimum Gasteiger partial charge on any atom is -0.494 e. The first-order valence-corrected chi connectivity index (χ1v) is 5.44. The molecule has 3 nitrogen and oxygen atoms in total. The number of aryl methyl sites for hydroxylation is 2. The van der Waals surface area contributed by atoms with Gasteiger partial charge in [-0.1, -0.05) is 6.07 Å². The maximum Gasteiger partial charge on any atom is 0.310 e. The van der Waals surface area contributed by atoms with Crippen LogP contribution < -0.4 is 4.74 Å². The third kappa shape index (κ3) is 2.54. The average molecular weight is 222 g/mol. The number of carbonyl (C=O) groups is 1. The zero-order chi connectivity index (χ0) is 12.3. The van der Waals surface area contributed by atoms with Crippen LogP contribution >= 0.6 is 0 Å². The van der Waals surface area contributed by atoms with Crippen molar-refractivity contribution in [2.75, 3.05) is 6.61 Å². The lowest BCUT2D eigenvalue weighted by atomic mass is 9.94. The molecule has 0 aliphatic carbocycles. The molecule has 0 bridgehead atoms. The minimum atomic E-state index is -0.799. The fraction of sp³-hybridized carbons (Fsp3) is 0.462. The Hall–Kier alpha value is -1.51. The van der Waals surface area contributed by atoms with Gasteiger partial charge in [0.15, 0.2) is 0 Å². The van der Waals surface area contributed by atoms with Crippen LogP contribution in [0.1, 0.15) is 36.5 Å². The quantitative estimate of drug-likeness (QED) is 0.852. The zero-order valence-electron chi connectivity index (χ0n) is 10.2. The van der Waals surface area contributed by atoms with Crippen LogP contribution in [-0.2, 0) is 4.79 Å². The number of carboxylic acids is 1. The van der Waals surface area contributed by atoms with E-state index in [2.05, 4.69) is 0 Å². The molecule has 3 heteroatoms. The van der Waals surface area contributed by atoms with Gasteiger partial charge in [-0.3, -0.25) is 4.79 Å². The second kappa shape index (κ2) is 5.01. The zero-order valence-corrected chi connectivity index (χ0v) is 10.2. The van der Waals surface area contributed by atoms with Gasteiger partial charge in [0.05, 0.1) is 12.5 Å². The smallest absolute Gasteiger partial charge is 0.310 e. The topological polar surface area (TPSA) is 46.5 Å². The number of carboxylic acid groups (broad SMARTS) is 1. The molecule has 0 saturated heterocycles. The third-order valence-corrected chi connectivity index (χ3v) is 2.70. The molecule has 16 heavy (non-hydrogen) atoms. The fourth-order valence-corrected chi connectivity index (χ4v) is 1.72. The predicted molar refractivity (Wildman–Crippen MR) is 63.1 cm³/mol. The molecule has 0 heterocycles. The van der Waals surface area contributed by atoms with E-state index in [0.29, 0.717) is 6.61 Å². The van der Waals surface area contributed by atoms with Gasteiger partial charge in [-0.05, 0) is 50.5 Å². The van der Waals surface area contributed by atoms with Crippen molar-refractivity contribution in [2.24, 2.45) is 0 Å². The van der Waals surface area contributed by atoms with Gasteiger partial charge < -0.3 is 9.84 Å². The van der Waals surface area contributed by atoms with Crippen LogP contribution in [0.5, 0.6) is 5.75 Å². The van der Waals surface area contributed by atoms with Gasteiger partial charge in [0, 0.05) is 0 Å². The molecular formula is C13H18O3. The van der Waals surface area contributed by atoms with Crippen molar-refractivity contribution in [2.45, 2.75) is 33.6 Å². The Balaban J connectivity index is 3.14. The molecule has 88 valence electrons. The number of hydrogen-bond acceptors (Lipinski definition) is 2. The Kier molecular flexibility index (Phi) is 3.93. The maximum absolute atomic E-state index is 10.9. The van der Waals surface area contributed by atoms with E-state index in [1.165, 1.54) is 0 Å². The van der Waals surface area contributed by atoms with E-state index >= 15 is 0 Å². The summed E-state index contributed by atoms with van der Waals surface area (Å²) in [4.78, 5) is 10.9. The Morgan fingerprint density at radius 2 is 2.00 bits per heavy atom. The first-order chi connectivity index (χ1) is 7.47. The lowest BCUT2D eigenvalue weighted by molar-refractivity contribution is -0.138. The summed E-state index contributed by atoms with van der Waals surface area (Å²) in [6, 6.07) is 3.81. The molecule has 1 N–H and O–H groups in total. The monoisotopic (exact) mass is 222 g/mol. The van der Waals surface area contributed by atoms with Gasteiger partial charge in [-0.15, -0.1) is 0 Å². The van der Waals surface area contributed by atoms with Crippen molar-refractivity contribution < 1.29 is 14.6 Å². The van der Waals surface area contributed by atoms with Crippen LogP contribution in [0.25, 0.3) is 0 Å². The number of rotatable bonds is 4. The highest BCUT2D eigenvalue weighted by atomic mass is 16.5. The molecule has 0 fully saturated rings. The lowest BCUT2D eigenvalue weighted by Crippen LogP contribution is -2.09. The van der Waals surface area contributed by atoms with E-state index in [1.807, 2.05) is 32.9 Å². The van der Waals surface area contributed by atoms with Crippen molar-refractivity contribution >= 4 is 5.97 Å². The van der Waals surface area contributed by atoms with Crippen LogP contribution in [0.3, 0.4) is 0 Å². The molecule has 1 aromatic rings. The normalized spacial score (nSPS) is 12.2. The fourth-order valence-electron chi connectivity index (χ4n) is 1.72. The maximum atomic E-state index is 10.9. The molecule has 0 radical (unpaired) electrons. The van der Waals surface area contributed by atoms with Gasteiger partial charge >= 0.3 is 5.97 Å². The molecule has 0 aromatic heterocycles. The Morgan fingerprint density at radius 1 is 1.38 bits per heavy atom. The van der Waals surface area contributed by atoms with Gasteiger partial charge in [0.2, 0.25) is 0 Å². The van der Waals surface area contributed by atoms with Crippen LogP contribution in [0.2, 0.25) is 0 Å². The lowest BCUT2D eigenvalue weighted by Gasteiger charge is -2.15. The standard InChI is InChI=1S/C13H18O3/c1-5-16-12-7-8(2)11(6-9(12)3)10(4)13(14)15/h6-7,10H,5H2,1-4H3,(H,14,15). The van der Waals surface area contributed by atoms with Crippen molar-refractivity contribution in [1.29, 1.82) is 0 Å². The summed E-state index contributed by atoms with van der Waals surface area (Å²) in [5.41, 5.74) is 2.80. The summed E-state index contributed by atoms with van der Waals surface area (Å²) in [6.07, 6.45) is 0. The highest BCUT2D eigenvalue weighted by Gasteiger charge is 2.17. The summed E-state index contributed by atoms with van der Waals surface area (Å²) < 4.78 is 5.47. The van der Waals surface area contributed by atoms with E-state index in [1.54, 1.807) is 6.92 Å². The highest BCUT2D eigenvalue weighted by Crippen LogP contribution is 2.27. The molecule has 1 atom stereocenters. The average Bonchev–Trinajstić information content (AvgIpc) is 2.22. The first kappa shape index (κ1) is 12.6. The van der Waals surface area contributed by atoms with Crippen LogP contribution in [0.4, 0.5) is 0 Å². The van der Waals surface area contributed by atoms with Gasteiger partial charge in [-0.2, -0.15) is 0 Å². The van der Waals surface area contributed by atoms with Crippen molar-refractivity contribution in [3.63, 3.8) is 0 Å². The molecule has 1 aromatic carbocycles. The Bertz CT molecular complexity index is 396. The van der Waals surface area contributed by atoms with Gasteiger partial charge in [0.1, 0.15) is 5.75 Å².